The number of nitrogens with one attached hydrogen (secondary N) is 3. The Hall–Kier alpha value is -3.38. The lowest BCUT2D eigenvalue weighted by molar-refractivity contribution is -0.221. The van der Waals surface area contributed by atoms with Gasteiger partial charge in [-0.15, -0.1) is 0 Å². The van der Waals surface area contributed by atoms with Crippen LogP contribution in [-0.4, -0.2) is 63.9 Å². The predicted octanol–water partition coefficient (Wildman–Crippen LogP) is 3.36. The van der Waals surface area contributed by atoms with Crippen LogP contribution in [0.25, 0.3) is 10.9 Å². The van der Waals surface area contributed by atoms with Gasteiger partial charge in [0.15, 0.2) is 11.9 Å². The first-order chi connectivity index (χ1) is 16.0. The van der Waals surface area contributed by atoms with Crippen LogP contribution < -0.4 is 15.5 Å². The molecule has 1 aliphatic rings. The number of rotatable bonds is 5. The molecule has 1 unspecified atom stereocenters. The van der Waals surface area contributed by atoms with Crippen molar-refractivity contribution in [1.82, 2.24) is 20.5 Å². The van der Waals surface area contributed by atoms with E-state index in [1.54, 1.807) is 26.0 Å². The Morgan fingerprint density at radius 3 is 2.71 bits per heavy atom. The van der Waals surface area contributed by atoms with Gasteiger partial charge in [0, 0.05) is 18.8 Å². The molecular formula is C22H25F3N6O3. The normalized spacial score (nSPS) is 18.1. The molecule has 1 aliphatic heterocycles. The molecule has 4 N–H and O–H groups in total. The zero-order valence-electron chi connectivity index (χ0n) is 18.6. The average Bonchev–Trinajstić information content (AvgIpc) is 3.20. The van der Waals surface area contributed by atoms with Gasteiger partial charge in [-0.25, -0.2) is 9.78 Å². The highest BCUT2D eigenvalue weighted by Gasteiger charge is 2.44. The number of fused-ring (bicyclic) bond motifs is 1. The molecular weight excluding hydrogens is 453 g/mol. The van der Waals surface area contributed by atoms with Crippen molar-refractivity contribution in [1.29, 1.82) is 0 Å². The maximum Gasteiger partial charge on any atom is 0.416 e. The number of morpholine rings is 1. The second-order valence-electron chi connectivity index (χ2n) is 8.61. The van der Waals surface area contributed by atoms with E-state index in [0.717, 1.165) is 5.56 Å². The number of urea groups is 1. The highest BCUT2D eigenvalue weighted by molar-refractivity contribution is 5.94. The number of nitrogens with zero attached hydrogens (tertiary/aromatic N) is 3. The number of aromatic amines is 1. The van der Waals surface area contributed by atoms with E-state index in [9.17, 15) is 23.1 Å². The third kappa shape index (κ3) is 5.23. The summed E-state index contributed by atoms with van der Waals surface area (Å²) in [5, 5.41) is 23.3. The third-order valence-electron chi connectivity index (χ3n) is 5.51. The number of hydrogen-bond acceptors (Lipinski definition) is 6. The number of carbonyl (C=O) groups is 1. The van der Waals surface area contributed by atoms with Gasteiger partial charge in [-0.05, 0) is 19.4 Å². The molecule has 0 saturated carbocycles. The van der Waals surface area contributed by atoms with Crippen molar-refractivity contribution in [3.63, 3.8) is 0 Å². The van der Waals surface area contributed by atoms with Gasteiger partial charge in [-0.2, -0.15) is 18.3 Å². The number of benzene rings is 1. The largest absolute Gasteiger partial charge is 0.416 e. The Kier molecular flexibility index (Phi) is 6.36. The van der Waals surface area contributed by atoms with E-state index in [-0.39, 0.29) is 25.5 Å². The molecule has 0 spiro atoms. The minimum atomic E-state index is -4.46. The monoisotopic (exact) mass is 478 g/mol. The third-order valence-corrected chi connectivity index (χ3v) is 5.51. The Labute approximate surface area is 193 Å². The number of ether oxygens (including phenoxy) is 1. The number of halogens is 3. The van der Waals surface area contributed by atoms with Crippen molar-refractivity contribution in [2.45, 2.75) is 37.8 Å². The number of anilines is 2. The van der Waals surface area contributed by atoms with Crippen molar-refractivity contribution < 1.29 is 27.8 Å². The summed E-state index contributed by atoms with van der Waals surface area (Å²) in [6, 6.07) is 9.33. The molecule has 1 saturated heterocycles. The van der Waals surface area contributed by atoms with Crippen LogP contribution in [0.5, 0.6) is 0 Å². The molecule has 3 heterocycles. The van der Waals surface area contributed by atoms with Crippen LogP contribution in [0.2, 0.25) is 0 Å². The molecule has 3 aromatic rings. The predicted molar refractivity (Wildman–Crippen MR) is 120 cm³/mol. The summed E-state index contributed by atoms with van der Waals surface area (Å²) in [4.78, 5) is 18.3. The molecule has 34 heavy (non-hydrogen) atoms. The summed E-state index contributed by atoms with van der Waals surface area (Å²) < 4.78 is 44.0. The van der Waals surface area contributed by atoms with Crippen molar-refractivity contribution in [2.24, 2.45) is 0 Å². The van der Waals surface area contributed by atoms with Crippen LogP contribution >= 0.6 is 0 Å². The fraction of sp³-hybridized carbons (Fsp3) is 0.409. The molecule has 0 bridgehead atoms. The molecule has 2 amide bonds. The van der Waals surface area contributed by atoms with Crippen molar-refractivity contribution >= 4 is 28.6 Å². The molecule has 0 radical (unpaired) electrons. The number of aliphatic hydroxyl groups is 1. The number of H-pyrrole nitrogens is 1. The Balaban J connectivity index is 1.48. The maximum atomic E-state index is 13.1. The fourth-order valence-electron chi connectivity index (χ4n) is 3.85. The quantitative estimate of drug-likeness (QED) is 0.447. The first-order valence-corrected chi connectivity index (χ1v) is 10.6. The highest BCUT2D eigenvalue weighted by atomic mass is 19.4. The van der Waals surface area contributed by atoms with E-state index in [0.29, 0.717) is 16.7 Å². The van der Waals surface area contributed by atoms with E-state index in [2.05, 4.69) is 25.8 Å². The van der Waals surface area contributed by atoms with Crippen molar-refractivity contribution in [2.75, 3.05) is 29.9 Å². The number of aromatic nitrogens is 3. The number of hydrogen-bond donors (Lipinski definition) is 4. The number of carbonyl (C=O) groups excluding carboxylic acids is 1. The maximum absolute atomic E-state index is 13.1. The zero-order chi connectivity index (χ0) is 24.5. The minimum Gasteiger partial charge on any atom is -0.388 e. The van der Waals surface area contributed by atoms with Crippen LogP contribution in [-0.2, 0) is 4.74 Å². The van der Waals surface area contributed by atoms with Gasteiger partial charge < -0.3 is 20.1 Å². The molecule has 1 aromatic carbocycles. The summed E-state index contributed by atoms with van der Waals surface area (Å²) in [6.07, 6.45) is -4.92. The second kappa shape index (κ2) is 9.11. The van der Waals surface area contributed by atoms with E-state index in [4.69, 9.17) is 4.74 Å². The standard InChI is InChI=1S/C22H25F3N6O3/c1-21(2,33)18(13-6-4-3-5-7-13)28-20(32)27-17-10-15-14(11-26-17)19(30-29-15)31-8-9-34-16(12-31)22(23,24)25/h3-7,10-11,16,18,33H,8-9,12H2,1-2H3,(H,29,30)(H2,26,27,28,32)/t16?,18-/m0/s1. The summed E-state index contributed by atoms with van der Waals surface area (Å²) in [5.41, 5.74) is -0.00673. The van der Waals surface area contributed by atoms with Crippen molar-refractivity contribution in [3.05, 3.63) is 48.2 Å². The second-order valence-corrected chi connectivity index (χ2v) is 8.61. The summed E-state index contributed by atoms with van der Waals surface area (Å²) >= 11 is 0. The Morgan fingerprint density at radius 1 is 1.29 bits per heavy atom. The van der Waals surface area contributed by atoms with E-state index in [1.807, 2.05) is 18.2 Å². The SMILES string of the molecule is CC(C)(O)[C@@H](NC(=O)Nc1cc2[nH]nc(N3CCOC(C(F)(F)F)C3)c2cn1)c1ccccc1. The van der Waals surface area contributed by atoms with Gasteiger partial charge in [0.05, 0.1) is 35.7 Å². The first-order valence-electron chi connectivity index (χ1n) is 10.6. The lowest BCUT2D eigenvalue weighted by Gasteiger charge is -2.34. The summed E-state index contributed by atoms with van der Waals surface area (Å²) in [6.45, 7) is 3.00. The Bertz CT molecular complexity index is 1150. The summed E-state index contributed by atoms with van der Waals surface area (Å²) in [7, 11) is 0. The van der Waals surface area contributed by atoms with Gasteiger partial charge in [0.2, 0.25) is 0 Å². The molecule has 12 heteroatoms. The summed E-state index contributed by atoms with van der Waals surface area (Å²) in [5.74, 6) is 0.542. The van der Waals surface area contributed by atoms with Gasteiger partial charge in [0.1, 0.15) is 5.82 Å². The molecule has 182 valence electrons. The van der Waals surface area contributed by atoms with Crippen LogP contribution in [0.3, 0.4) is 0 Å². The van der Waals surface area contributed by atoms with E-state index < -0.39 is 30.0 Å². The average molecular weight is 478 g/mol. The molecule has 4 rings (SSSR count). The molecule has 0 aliphatic carbocycles. The number of amides is 2. The minimum absolute atomic E-state index is 0.0739. The fourth-order valence-corrected chi connectivity index (χ4v) is 3.85. The number of pyridine rings is 1. The molecule has 2 aromatic heterocycles. The molecule has 1 fully saturated rings. The van der Waals surface area contributed by atoms with Crippen LogP contribution in [0.4, 0.5) is 29.6 Å². The zero-order valence-corrected chi connectivity index (χ0v) is 18.6. The molecule has 2 atom stereocenters. The van der Waals surface area contributed by atoms with Crippen LogP contribution in [0.15, 0.2) is 42.6 Å². The van der Waals surface area contributed by atoms with E-state index in [1.165, 1.54) is 17.2 Å². The number of alkyl halides is 3. The van der Waals surface area contributed by atoms with Crippen LogP contribution in [0.1, 0.15) is 25.5 Å². The highest BCUT2D eigenvalue weighted by Crippen LogP contribution is 2.31. The molecule has 9 nitrogen and oxygen atoms in total. The van der Waals surface area contributed by atoms with Gasteiger partial charge >= 0.3 is 12.2 Å². The van der Waals surface area contributed by atoms with Gasteiger partial charge in [-0.1, -0.05) is 30.3 Å². The van der Waals surface area contributed by atoms with Crippen LogP contribution in [0, 0.1) is 0 Å². The smallest absolute Gasteiger partial charge is 0.388 e. The van der Waals surface area contributed by atoms with Gasteiger partial charge in [0.25, 0.3) is 0 Å². The lowest BCUT2D eigenvalue weighted by Crippen LogP contribution is -2.49. The van der Waals surface area contributed by atoms with Gasteiger partial charge in [-0.3, -0.25) is 10.4 Å². The lowest BCUT2D eigenvalue weighted by atomic mass is 9.92. The van der Waals surface area contributed by atoms with Crippen molar-refractivity contribution in [3.8, 4) is 0 Å². The Morgan fingerprint density at radius 2 is 2.03 bits per heavy atom. The topological polar surface area (TPSA) is 115 Å². The van der Waals surface area contributed by atoms with E-state index >= 15 is 0 Å². The first kappa shape index (κ1) is 23.8.